The second kappa shape index (κ2) is 6.56. The summed E-state index contributed by atoms with van der Waals surface area (Å²) < 4.78 is 37.6. The highest BCUT2D eigenvalue weighted by Crippen LogP contribution is 2.36. The summed E-state index contributed by atoms with van der Waals surface area (Å²) in [5.41, 5.74) is 6.47. The van der Waals surface area contributed by atoms with Gasteiger partial charge in [0.2, 0.25) is 0 Å². The zero-order valence-electron chi connectivity index (χ0n) is 16.3. The van der Waals surface area contributed by atoms with Crippen LogP contribution in [0, 0.1) is 0 Å². The lowest BCUT2D eigenvalue weighted by atomic mass is 9.91. The molecule has 2 aromatic rings. The maximum atomic E-state index is 10.4. The van der Waals surface area contributed by atoms with Crippen molar-refractivity contribution in [3.05, 3.63) is 35.4 Å². The van der Waals surface area contributed by atoms with Gasteiger partial charge in [-0.2, -0.15) is 0 Å². The quantitative estimate of drug-likeness (QED) is 0.435. The summed E-state index contributed by atoms with van der Waals surface area (Å²) in [6.45, 7) is -0.421. The summed E-state index contributed by atoms with van der Waals surface area (Å²) in [4.78, 5) is 2.88. The molecule has 23 heavy (non-hydrogen) atoms. The Morgan fingerprint density at radius 1 is 1.17 bits per heavy atom. The van der Waals surface area contributed by atoms with Gasteiger partial charge in [0, 0.05) is 10.9 Å². The van der Waals surface area contributed by atoms with E-state index in [0.29, 0.717) is 5.56 Å². The number of aliphatic hydroxyl groups is 4. The molecule has 1 saturated heterocycles. The number of ether oxygens (including phenoxy) is 1. The number of nitrogens with two attached hydrogens (primary N) is 1. The Labute approximate surface area is 138 Å². The van der Waals surface area contributed by atoms with E-state index in [1.165, 1.54) is 0 Å². The number of hydrogen-bond donors (Lipinski definition) is 6. The van der Waals surface area contributed by atoms with E-state index in [1.54, 1.807) is 0 Å². The number of benzene rings is 1. The van der Waals surface area contributed by atoms with E-state index >= 15 is 0 Å². The standard InChI is InChI=1S/C16H22N2O5/c17-6-5-9-8-3-1-2-4-10(8)18-12(9)16-15(22)14(21)13(20)11(7-19)23-16/h1-4,11,13-16,18-22H,5-7,17H2/t11-,13-,14+,15-,16-/m1/s1/i1D,2D,3D,4D. The summed E-state index contributed by atoms with van der Waals surface area (Å²) in [7, 11) is 0. The molecule has 126 valence electrons. The summed E-state index contributed by atoms with van der Waals surface area (Å²) in [5, 5.41) is 40.0. The van der Waals surface area contributed by atoms with Crippen LogP contribution in [0.2, 0.25) is 0 Å². The molecule has 5 atom stereocenters. The van der Waals surface area contributed by atoms with Crippen LogP contribution in [0.4, 0.5) is 0 Å². The SMILES string of the molecule is [2H]c1c([2H])c([2H])c2c(CCN)c([C@H]3O[C@H](CO)[C@@H](O)[C@H](O)[C@H]3O)[nH]c2c1[2H]. The predicted molar refractivity (Wildman–Crippen MR) is 83.8 cm³/mol. The Kier molecular flexibility index (Phi) is 3.41. The van der Waals surface area contributed by atoms with E-state index in [9.17, 15) is 20.4 Å². The minimum absolute atomic E-state index is 0.136. The lowest BCUT2D eigenvalue weighted by molar-refractivity contribution is -0.232. The van der Waals surface area contributed by atoms with Gasteiger partial charge >= 0.3 is 0 Å². The zero-order valence-corrected chi connectivity index (χ0v) is 12.3. The maximum Gasteiger partial charge on any atom is 0.127 e. The van der Waals surface area contributed by atoms with E-state index < -0.39 is 49.2 Å². The van der Waals surface area contributed by atoms with Crippen molar-refractivity contribution in [1.82, 2.24) is 4.98 Å². The largest absolute Gasteiger partial charge is 0.394 e. The minimum atomic E-state index is -1.58. The van der Waals surface area contributed by atoms with Crippen LogP contribution in [0.1, 0.15) is 22.8 Å². The Balaban J connectivity index is 2.23. The average Bonchev–Trinajstić information content (AvgIpc) is 3.02. The van der Waals surface area contributed by atoms with E-state index in [0.717, 1.165) is 0 Å². The maximum absolute atomic E-state index is 10.4. The van der Waals surface area contributed by atoms with Crippen LogP contribution in [0.3, 0.4) is 0 Å². The predicted octanol–water partition coefficient (Wildman–Crippen LogP) is -0.816. The molecule has 7 heteroatoms. The molecule has 1 aliphatic heterocycles. The molecule has 7 nitrogen and oxygen atoms in total. The number of para-hydroxylation sites is 1. The number of H-pyrrole nitrogens is 1. The third-order valence-electron chi connectivity index (χ3n) is 4.15. The molecule has 0 radical (unpaired) electrons. The van der Waals surface area contributed by atoms with Gasteiger partial charge in [-0.1, -0.05) is 18.1 Å². The minimum Gasteiger partial charge on any atom is -0.394 e. The molecule has 1 aliphatic rings. The third-order valence-corrected chi connectivity index (χ3v) is 4.15. The van der Waals surface area contributed by atoms with Gasteiger partial charge < -0.3 is 35.9 Å². The topological polar surface area (TPSA) is 132 Å². The van der Waals surface area contributed by atoms with Crippen LogP contribution in [0.25, 0.3) is 10.9 Å². The fourth-order valence-electron chi connectivity index (χ4n) is 2.96. The molecule has 0 saturated carbocycles. The number of hydrogen-bond acceptors (Lipinski definition) is 6. The zero-order chi connectivity index (χ0) is 20.0. The lowest BCUT2D eigenvalue weighted by Crippen LogP contribution is -2.55. The first-order valence-corrected chi connectivity index (χ1v) is 7.35. The van der Waals surface area contributed by atoms with E-state index in [4.69, 9.17) is 16.0 Å². The van der Waals surface area contributed by atoms with Crippen molar-refractivity contribution in [2.24, 2.45) is 5.73 Å². The molecule has 0 unspecified atom stereocenters. The third kappa shape index (κ3) is 2.76. The van der Waals surface area contributed by atoms with Crippen LogP contribution >= 0.6 is 0 Å². The molecule has 0 bridgehead atoms. The Morgan fingerprint density at radius 3 is 2.61 bits per heavy atom. The van der Waals surface area contributed by atoms with Gasteiger partial charge in [0.1, 0.15) is 30.5 Å². The summed E-state index contributed by atoms with van der Waals surface area (Å²) in [6.07, 6.45) is -6.70. The van der Waals surface area contributed by atoms with Gasteiger partial charge in [0.15, 0.2) is 0 Å². The molecular formula is C16H22N2O5. The van der Waals surface area contributed by atoms with Crippen LogP contribution in [0.5, 0.6) is 0 Å². The van der Waals surface area contributed by atoms with Crippen molar-refractivity contribution < 1.29 is 30.6 Å². The molecule has 0 amide bonds. The first-order chi connectivity index (χ1) is 12.7. The van der Waals surface area contributed by atoms with Gasteiger partial charge in [0.05, 0.1) is 17.8 Å². The average molecular weight is 326 g/mol. The fourth-order valence-corrected chi connectivity index (χ4v) is 2.96. The van der Waals surface area contributed by atoms with Crippen molar-refractivity contribution in [3.63, 3.8) is 0 Å². The molecule has 7 N–H and O–H groups in total. The summed E-state index contributed by atoms with van der Waals surface area (Å²) in [5.74, 6) is 0. The highest BCUT2D eigenvalue weighted by molar-refractivity contribution is 5.84. The Hall–Kier alpha value is -1.48. The van der Waals surface area contributed by atoms with Crippen LogP contribution < -0.4 is 5.73 Å². The van der Waals surface area contributed by atoms with Crippen LogP contribution in [-0.2, 0) is 11.2 Å². The smallest absolute Gasteiger partial charge is 0.127 e. The van der Waals surface area contributed by atoms with Gasteiger partial charge in [-0.15, -0.1) is 0 Å². The van der Waals surface area contributed by atoms with Crippen molar-refractivity contribution in [2.45, 2.75) is 36.9 Å². The number of fused-ring (bicyclic) bond motifs is 1. The Bertz CT molecular complexity index is 859. The molecule has 1 aromatic carbocycles. The van der Waals surface area contributed by atoms with Crippen molar-refractivity contribution in [2.75, 3.05) is 13.2 Å². The van der Waals surface area contributed by atoms with E-state index in [2.05, 4.69) is 4.98 Å². The number of aliphatic hydroxyl groups excluding tert-OH is 4. The number of rotatable bonds is 4. The highest BCUT2D eigenvalue weighted by atomic mass is 16.5. The summed E-state index contributed by atoms with van der Waals surface area (Å²) >= 11 is 0. The number of aromatic amines is 1. The molecule has 1 fully saturated rings. The lowest BCUT2D eigenvalue weighted by Gasteiger charge is -2.40. The normalized spacial score (nSPS) is 34.0. The molecular weight excluding hydrogens is 300 g/mol. The molecule has 3 rings (SSSR count). The molecule has 0 aliphatic carbocycles. The van der Waals surface area contributed by atoms with Gasteiger partial charge in [-0.3, -0.25) is 0 Å². The van der Waals surface area contributed by atoms with Crippen molar-refractivity contribution in [3.8, 4) is 0 Å². The molecule has 2 heterocycles. The molecule has 1 aromatic heterocycles. The number of nitrogens with one attached hydrogen (secondary N) is 1. The van der Waals surface area contributed by atoms with Crippen LogP contribution in [0.15, 0.2) is 24.2 Å². The second-order valence-corrected chi connectivity index (χ2v) is 5.56. The Morgan fingerprint density at radius 2 is 1.91 bits per heavy atom. The van der Waals surface area contributed by atoms with E-state index in [-0.39, 0.29) is 41.6 Å². The first-order valence-electron chi connectivity index (χ1n) is 9.35. The van der Waals surface area contributed by atoms with Crippen molar-refractivity contribution >= 4 is 10.9 Å². The van der Waals surface area contributed by atoms with Gasteiger partial charge in [-0.25, -0.2) is 0 Å². The first kappa shape index (κ1) is 12.0. The van der Waals surface area contributed by atoms with Gasteiger partial charge in [-0.05, 0) is 24.6 Å². The summed E-state index contributed by atoms with van der Waals surface area (Å²) in [6, 6.07) is -1.33. The fraction of sp³-hybridized carbons (Fsp3) is 0.500. The molecule has 0 spiro atoms. The second-order valence-electron chi connectivity index (χ2n) is 5.56. The highest BCUT2D eigenvalue weighted by Gasteiger charge is 2.45. The van der Waals surface area contributed by atoms with E-state index in [1.807, 2.05) is 0 Å². The van der Waals surface area contributed by atoms with Gasteiger partial charge in [0.25, 0.3) is 0 Å². The van der Waals surface area contributed by atoms with Crippen molar-refractivity contribution in [1.29, 1.82) is 0 Å². The number of aromatic nitrogens is 1. The van der Waals surface area contributed by atoms with Crippen LogP contribution in [-0.4, -0.2) is 63.0 Å². The monoisotopic (exact) mass is 326 g/mol.